The van der Waals surface area contributed by atoms with Gasteiger partial charge in [-0.2, -0.15) is 0 Å². The lowest BCUT2D eigenvalue weighted by atomic mass is 10.0. The third-order valence-corrected chi connectivity index (χ3v) is 11.6. The normalized spacial score (nSPS) is 13.4. The van der Waals surface area contributed by atoms with E-state index in [0.29, 0.717) is 12.8 Å². The number of rotatable bonds is 45. The summed E-state index contributed by atoms with van der Waals surface area (Å²) in [6.07, 6.45) is 49.6. The molecule has 0 aromatic rings. The molecule has 0 radical (unpaired) electrons. The molecule has 0 spiro atoms. The first-order chi connectivity index (χ1) is 27.8. The van der Waals surface area contributed by atoms with Crippen molar-refractivity contribution in [3.8, 4) is 0 Å². The summed E-state index contributed by atoms with van der Waals surface area (Å²) < 4.78 is 32.7. The number of hydrogen-bond acceptors (Lipinski definition) is 7. The quantitative estimate of drug-likeness (QED) is 0.0280. The summed E-state index contributed by atoms with van der Waals surface area (Å²) in [5, 5.41) is 0. The highest BCUT2D eigenvalue weighted by atomic mass is 31.2. The summed E-state index contributed by atoms with van der Waals surface area (Å²) >= 11 is 0. The third-order valence-electron chi connectivity index (χ3n) is 10.5. The lowest BCUT2D eigenvalue weighted by Gasteiger charge is -2.19. The maximum Gasteiger partial charge on any atom is 0.472 e. The monoisotopic (exact) mass is 827 g/mol. The summed E-state index contributed by atoms with van der Waals surface area (Å²) in [5.74, 6) is -0.802. The van der Waals surface area contributed by atoms with Crippen LogP contribution in [0.5, 0.6) is 0 Å². The van der Waals surface area contributed by atoms with Crippen molar-refractivity contribution in [3.05, 3.63) is 24.3 Å². The Morgan fingerprint density at radius 3 is 1.30 bits per heavy atom. The van der Waals surface area contributed by atoms with Gasteiger partial charge in [-0.15, -0.1) is 0 Å². The molecule has 0 saturated carbocycles. The van der Waals surface area contributed by atoms with E-state index in [2.05, 4.69) is 38.2 Å². The summed E-state index contributed by atoms with van der Waals surface area (Å²) in [7, 11) is -4.28. The first-order valence-corrected chi connectivity index (χ1v) is 25.6. The van der Waals surface area contributed by atoms with Gasteiger partial charge in [0.05, 0.1) is 13.2 Å². The second-order valence-electron chi connectivity index (χ2n) is 16.1. The summed E-state index contributed by atoms with van der Waals surface area (Å²) in [6, 6.07) is 0. The fourth-order valence-electron chi connectivity index (χ4n) is 6.94. The van der Waals surface area contributed by atoms with Crippen LogP contribution in [-0.4, -0.2) is 42.8 Å². The van der Waals surface area contributed by atoms with E-state index in [-0.39, 0.29) is 25.6 Å². The molecule has 0 aliphatic carbocycles. The van der Waals surface area contributed by atoms with Crippen LogP contribution in [0.25, 0.3) is 0 Å². The van der Waals surface area contributed by atoms with Crippen molar-refractivity contribution in [3.63, 3.8) is 0 Å². The van der Waals surface area contributed by atoms with Gasteiger partial charge < -0.3 is 14.4 Å². The zero-order chi connectivity index (χ0) is 41.8. The molecule has 0 aliphatic rings. The minimum Gasteiger partial charge on any atom is -0.462 e. The number of hydrogen-bond donors (Lipinski definition) is 1. The smallest absolute Gasteiger partial charge is 0.462 e. The molecular formula is C48H91O8P. The molecule has 0 fully saturated rings. The van der Waals surface area contributed by atoms with Crippen LogP contribution >= 0.6 is 7.82 Å². The van der Waals surface area contributed by atoms with Crippen LogP contribution in [0.15, 0.2) is 24.3 Å². The molecule has 0 rings (SSSR count). The molecule has 57 heavy (non-hydrogen) atoms. The van der Waals surface area contributed by atoms with Crippen molar-refractivity contribution in [1.82, 2.24) is 0 Å². The van der Waals surface area contributed by atoms with Crippen LogP contribution in [0, 0.1) is 0 Å². The number of allylic oxidation sites excluding steroid dienone is 4. The number of carbonyl (C=O) groups excluding carboxylic acids is 2. The highest BCUT2D eigenvalue weighted by Crippen LogP contribution is 2.43. The first kappa shape index (κ1) is 55.5. The molecule has 0 heterocycles. The van der Waals surface area contributed by atoms with Crippen molar-refractivity contribution in [2.75, 3.05) is 19.8 Å². The van der Waals surface area contributed by atoms with Gasteiger partial charge in [-0.1, -0.05) is 212 Å². The minimum atomic E-state index is -4.28. The van der Waals surface area contributed by atoms with Crippen LogP contribution < -0.4 is 0 Å². The molecular weight excluding hydrogens is 735 g/mol. The van der Waals surface area contributed by atoms with E-state index >= 15 is 0 Å². The molecule has 9 heteroatoms. The van der Waals surface area contributed by atoms with Crippen LogP contribution in [0.1, 0.15) is 245 Å². The van der Waals surface area contributed by atoms with Gasteiger partial charge in [-0.25, -0.2) is 4.57 Å². The number of ether oxygens (including phenoxy) is 2. The lowest BCUT2D eigenvalue weighted by Crippen LogP contribution is -2.29. The van der Waals surface area contributed by atoms with E-state index in [9.17, 15) is 19.0 Å². The Morgan fingerprint density at radius 2 is 0.860 bits per heavy atom. The van der Waals surface area contributed by atoms with Gasteiger partial charge >= 0.3 is 19.8 Å². The Hall–Kier alpha value is -1.47. The fourth-order valence-corrected chi connectivity index (χ4v) is 7.70. The largest absolute Gasteiger partial charge is 0.472 e. The number of carbonyl (C=O) groups is 2. The molecule has 0 bridgehead atoms. The molecule has 0 aliphatic heterocycles. The Kier molecular flexibility index (Phi) is 43.0. The maximum absolute atomic E-state index is 12.6. The predicted octanol–water partition coefficient (Wildman–Crippen LogP) is 15.4. The van der Waals surface area contributed by atoms with Gasteiger partial charge in [0, 0.05) is 12.8 Å². The Balaban J connectivity index is 3.94. The van der Waals surface area contributed by atoms with E-state index in [1.807, 2.05) is 0 Å². The van der Waals surface area contributed by atoms with Gasteiger partial charge in [-0.3, -0.25) is 18.6 Å². The van der Waals surface area contributed by atoms with Crippen LogP contribution in [0.2, 0.25) is 0 Å². The number of phosphoric acid groups is 1. The summed E-state index contributed by atoms with van der Waals surface area (Å²) in [6.45, 7) is 5.46. The molecule has 2 unspecified atom stereocenters. The molecule has 1 N–H and O–H groups in total. The van der Waals surface area contributed by atoms with Crippen molar-refractivity contribution in [1.29, 1.82) is 0 Å². The van der Waals surface area contributed by atoms with E-state index in [0.717, 1.165) is 64.2 Å². The van der Waals surface area contributed by atoms with E-state index in [1.54, 1.807) is 6.92 Å². The zero-order valence-corrected chi connectivity index (χ0v) is 38.4. The predicted molar refractivity (Wildman–Crippen MR) is 239 cm³/mol. The molecule has 336 valence electrons. The molecule has 0 aromatic carbocycles. The van der Waals surface area contributed by atoms with Crippen molar-refractivity contribution < 1.29 is 37.6 Å². The van der Waals surface area contributed by atoms with E-state index in [1.165, 1.54) is 141 Å². The van der Waals surface area contributed by atoms with Gasteiger partial charge in [-0.05, 0) is 45.4 Å². The Labute approximate surface area is 352 Å². The molecule has 0 aromatic heterocycles. The molecule has 0 amide bonds. The highest BCUT2D eigenvalue weighted by Gasteiger charge is 2.25. The van der Waals surface area contributed by atoms with Crippen LogP contribution in [0.3, 0.4) is 0 Å². The van der Waals surface area contributed by atoms with Gasteiger partial charge in [0.1, 0.15) is 6.61 Å². The summed E-state index contributed by atoms with van der Waals surface area (Å²) in [5.41, 5.74) is 0. The zero-order valence-electron chi connectivity index (χ0n) is 37.5. The van der Waals surface area contributed by atoms with Crippen LogP contribution in [-0.2, 0) is 32.7 Å². The number of unbranched alkanes of at least 4 members (excludes halogenated alkanes) is 29. The lowest BCUT2D eigenvalue weighted by molar-refractivity contribution is -0.161. The third kappa shape index (κ3) is 43.9. The number of phosphoric ester groups is 1. The molecule has 0 saturated heterocycles. The van der Waals surface area contributed by atoms with Crippen molar-refractivity contribution in [2.45, 2.75) is 252 Å². The minimum absolute atomic E-state index is 0.000458. The molecule has 2 atom stereocenters. The highest BCUT2D eigenvalue weighted by molar-refractivity contribution is 7.47. The second-order valence-corrected chi connectivity index (χ2v) is 17.6. The summed E-state index contributed by atoms with van der Waals surface area (Å²) in [4.78, 5) is 34.8. The van der Waals surface area contributed by atoms with Gasteiger partial charge in [0.25, 0.3) is 0 Å². The standard InChI is InChI=1S/C48H91O8P/c1-4-7-9-11-13-15-17-19-21-22-23-24-25-26-27-28-29-31-32-34-36-38-40-42-47(49)53-44-46(45-55-57(51,52)54-6-3)56-48(50)43-41-39-37-35-33-30-20-18-16-14-12-10-8-5-2/h12,14,18,20,46H,4-11,13,15-17,19,21-45H2,1-3H3,(H,51,52)/b14-12-,20-18-. The van der Waals surface area contributed by atoms with Crippen LogP contribution in [0.4, 0.5) is 0 Å². The Bertz CT molecular complexity index is 983. The maximum atomic E-state index is 12.6. The van der Waals surface area contributed by atoms with E-state index < -0.39 is 26.5 Å². The molecule has 8 nitrogen and oxygen atoms in total. The van der Waals surface area contributed by atoms with Crippen molar-refractivity contribution in [2.24, 2.45) is 0 Å². The first-order valence-electron chi connectivity index (χ1n) is 24.1. The van der Waals surface area contributed by atoms with Gasteiger partial charge in [0.2, 0.25) is 0 Å². The van der Waals surface area contributed by atoms with Crippen molar-refractivity contribution >= 4 is 19.8 Å². The average Bonchev–Trinajstić information content (AvgIpc) is 3.19. The van der Waals surface area contributed by atoms with Gasteiger partial charge in [0.15, 0.2) is 6.10 Å². The SMILES string of the molecule is CCCC/C=C\C/C=C\CCCCCCCC(=O)OC(COC(=O)CCCCCCCCCCCCCCCCCCCCCCCCC)COP(=O)(O)OCC. The number of esters is 2. The average molecular weight is 827 g/mol. The second kappa shape index (κ2) is 44.1. The topological polar surface area (TPSA) is 108 Å². The Morgan fingerprint density at radius 1 is 0.474 bits per heavy atom. The fraction of sp³-hybridized carbons (Fsp3) is 0.875. The van der Waals surface area contributed by atoms with E-state index in [4.69, 9.17) is 18.5 Å².